The highest BCUT2D eigenvalue weighted by molar-refractivity contribution is 4.88. The first-order chi connectivity index (χ1) is 6.80. The Balaban J connectivity index is 2.48. The maximum Gasteiger partial charge on any atom is 0.228 e. The third kappa shape index (κ3) is 3.08. The van der Waals surface area contributed by atoms with Crippen molar-refractivity contribution in [2.24, 2.45) is 0 Å². The number of hydrogen-bond donors (Lipinski definition) is 1. The number of aromatic nitrogens is 2. The van der Waals surface area contributed by atoms with Crippen LogP contribution in [0.3, 0.4) is 0 Å². The lowest BCUT2D eigenvalue weighted by atomic mass is 10.2. The van der Waals surface area contributed by atoms with E-state index in [9.17, 15) is 0 Å². The fraction of sp³-hybridized carbons (Fsp3) is 0.778. The van der Waals surface area contributed by atoms with E-state index in [1.807, 2.05) is 14.0 Å². The molecule has 80 valence electrons. The van der Waals surface area contributed by atoms with Crippen molar-refractivity contribution in [3.05, 3.63) is 11.7 Å². The summed E-state index contributed by atoms with van der Waals surface area (Å²) in [5, 5.41) is 6.95. The normalized spacial score (nSPS) is 13.1. The highest BCUT2D eigenvalue weighted by atomic mass is 16.5. The SMILES string of the molecule is CCc1noc(CC(COC)NC)n1. The molecule has 5 nitrogen and oxygen atoms in total. The van der Waals surface area contributed by atoms with Gasteiger partial charge in [0.25, 0.3) is 0 Å². The Labute approximate surface area is 83.8 Å². The predicted octanol–water partition coefficient (Wildman–Crippen LogP) is 0.409. The van der Waals surface area contributed by atoms with E-state index >= 15 is 0 Å². The first-order valence-corrected chi connectivity index (χ1v) is 4.77. The van der Waals surface area contributed by atoms with Crippen molar-refractivity contribution in [3.63, 3.8) is 0 Å². The van der Waals surface area contributed by atoms with Crippen LogP contribution in [0.4, 0.5) is 0 Å². The van der Waals surface area contributed by atoms with Gasteiger partial charge in [-0.1, -0.05) is 12.1 Å². The Morgan fingerprint density at radius 1 is 1.57 bits per heavy atom. The lowest BCUT2D eigenvalue weighted by Gasteiger charge is -2.11. The van der Waals surface area contributed by atoms with Crippen molar-refractivity contribution in [2.45, 2.75) is 25.8 Å². The number of hydrogen-bond acceptors (Lipinski definition) is 5. The van der Waals surface area contributed by atoms with Crippen molar-refractivity contribution in [3.8, 4) is 0 Å². The Hall–Kier alpha value is -0.940. The number of rotatable bonds is 6. The molecule has 0 spiro atoms. The molecule has 0 radical (unpaired) electrons. The van der Waals surface area contributed by atoms with Gasteiger partial charge < -0.3 is 14.6 Å². The second-order valence-electron chi connectivity index (χ2n) is 3.10. The van der Waals surface area contributed by atoms with Crippen molar-refractivity contribution in [1.29, 1.82) is 0 Å². The molecule has 0 aromatic carbocycles. The van der Waals surface area contributed by atoms with Gasteiger partial charge in [0, 0.05) is 26.0 Å². The van der Waals surface area contributed by atoms with Gasteiger partial charge in [-0.05, 0) is 7.05 Å². The molecule has 1 atom stereocenters. The van der Waals surface area contributed by atoms with E-state index in [0.29, 0.717) is 18.9 Å². The highest BCUT2D eigenvalue weighted by Gasteiger charge is 2.12. The van der Waals surface area contributed by atoms with E-state index in [2.05, 4.69) is 15.5 Å². The van der Waals surface area contributed by atoms with Crippen LogP contribution in [0.2, 0.25) is 0 Å². The minimum atomic E-state index is 0.227. The molecule has 1 unspecified atom stereocenters. The molecule has 1 heterocycles. The molecule has 1 aromatic rings. The van der Waals surface area contributed by atoms with Gasteiger partial charge in [-0.3, -0.25) is 0 Å². The van der Waals surface area contributed by atoms with Crippen LogP contribution in [0.1, 0.15) is 18.6 Å². The van der Waals surface area contributed by atoms with Gasteiger partial charge in [-0.25, -0.2) is 0 Å². The zero-order valence-electron chi connectivity index (χ0n) is 8.91. The average Bonchev–Trinajstić information content (AvgIpc) is 2.65. The van der Waals surface area contributed by atoms with Gasteiger partial charge in [-0.2, -0.15) is 4.98 Å². The molecule has 14 heavy (non-hydrogen) atoms. The first-order valence-electron chi connectivity index (χ1n) is 4.77. The number of methoxy groups -OCH3 is 1. The Bertz CT molecular complexity index is 262. The van der Waals surface area contributed by atoms with Crippen molar-refractivity contribution in [1.82, 2.24) is 15.5 Å². The second-order valence-corrected chi connectivity index (χ2v) is 3.10. The molecule has 0 aliphatic carbocycles. The molecule has 0 saturated carbocycles. The third-order valence-electron chi connectivity index (χ3n) is 2.02. The average molecular weight is 199 g/mol. The van der Waals surface area contributed by atoms with Crippen molar-refractivity contribution >= 4 is 0 Å². The number of nitrogens with zero attached hydrogens (tertiary/aromatic N) is 2. The zero-order chi connectivity index (χ0) is 10.4. The molecule has 1 N–H and O–H groups in total. The fourth-order valence-electron chi connectivity index (χ4n) is 1.17. The van der Waals surface area contributed by atoms with Crippen molar-refractivity contribution in [2.75, 3.05) is 20.8 Å². The molecule has 0 saturated heterocycles. The lowest BCUT2D eigenvalue weighted by molar-refractivity contribution is 0.165. The summed E-state index contributed by atoms with van der Waals surface area (Å²) in [5.74, 6) is 1.42. The molecule has 5 heteroatoms. The predicted molar refractivity (Wildman–Crippen MR) is 52.1 cm³/mol. The van der Waals surface area contributed by atoms with E-state index < -0.39 is 0 Å². The van der Waals surface area contributed by atoms with Gasteiger partial charge in [0.1, 0.15) is 0 Å². The maximum absolute atomic E-state index is 5.08. The summed E-state index contributed by atoms with van der Waals surface area (Å²) >= 11 is 0. The smallest absolute Gasteiger partial charge is 0.228 e. The summed E-state index contributed by atoms with van der Waals surface area (Å²) in [7, 11) is 3.57. The van der Waals surface area contributed by atoms with Crippen molar-refractivity contribution < 1.29 is 9.26 Å². The number of aryl methyl sites for hydroxylation is 1. The number of ether oxygens (including phenoxy) is 1. The molecule has 0 fully saturated rings. The van der Waals surface area contributed by atoms with Gasteiger partial charge in [0.05, 0.1) is 6.61 Å². The Morgan fingerprint density at radius 2 is 2.36 bits per heavy atom. The fourth-order valence-corrected chi connectivity index (χ4v) is 1.17. The lowest BCUT2D eigenvalue weighted by Crippen LogP contribution is -2.32. The quantitative estimate of drug-likeness (QED) is 0.719. The summed E-state index contributed by atoms with van der Waals surface area (Å²) in [5.41, 5.74) is 0. The van der Waals surface area contributed by atoms with Crippen LogP contribution in [0.5, 0.6) is 0 Å². The highest BCUT2D eigenvalue weighted by Crippen LogP contribution is 2.02. The van der Waals surface area contributed by atoms with Crippen LogP contribution >= 0.6 is 0 Å². The minimum Gasteiger partial charge on any atom is -0.383 e. The third-order valence-corrected chi connectivity index (χ3v) is 2.02. The second kappa shape index (κ2) is 5.72. The molecule has 0 aliphatic rings. The summed E-state index contributed by atoms with van der Waals surface area (Å²) in [6.45, 7) is 2.64. The molecular formula is C9H17N3O2. The Morgan fingerprint density at radius 3 is 2.86 bits per heavy atom. The van der Waals surface area contributed by atoms with Crippen LogP contribution in [-0.4, -0.2) is 36.9 Å². The van der Waals surface area contributed by atoms with Gasteiger partial charge in [0.15, 0.2) is 5.82 Å². The monoisotopic (exact) mass is 199 g/mol. The standard InChI is InChI=1S/C9H17N3O2/c1-4-8-11-9(14-12-8)5-7(10-2)6-13-3/h7,10H,4-6H2,1-3H3. The Kier molecular flexibility index (Phi) is 4.55. The largest absolute Gasteiger partial charge is 0.383 e. The topological polar surface area (TPSA) is 60.2 Å². The van der Waals surface area contributed by atoms with Crippen LogP contribution in [0.15, 0.2) is 4.52 Å². The van der Waals surface area contributed by atoms with Crippen LogP contribution in [0.25, 0.3) is 0 Å². The van der Waals surface area contributed by atoms with E-state index in [1.54, 1.807) is 7.11 Å². The van der Waals surface area contributed by atoms with Gasteiger partial charge >= 0.3 is 0 Å². The number of nitrogens with one attached hydrogen (secondary N) is 1. The summed E-state index contributed by atoms with van der Waals surface area (Å²) in [6, 6.07) is 0.227. The molecule has 0 aliphatic heterocycles. The van der Waals surface area contributed by atoms with Gasteiger partial charge in [-0.15, -0.1) is 0 Å². The summed E-state index contributed by atoms with van der Waals surface area (Å²) in [6.07, 6.45) is 1.51. The molecule has 1 rings (SSSR count). The van der Waals surface area contributed by atoms with E-state index in [0.717, 1.165) is 12.2 Å². The molecule has 0 bridgehead atoms. The van der Waals surface area contributed by atoms with E-state index in [1.165, 1.54) is 0 Å². The van der Waals surface area contributed by atoms with Crippen LogP contribution < -0.4 is 5.32 Å². The van der Waals surface area contributed by atoms with Crippen LogP contribution in [-0.2, 0) is 17.6 Å². The van der Waals surface area contributed by atoms with Crippen LogP contribution in [0, 0.1) is 0 Å². The van der Waals surface area contributed by atoms with E-state index in [-0.39, 0.29) is 6.04 Å². The summed E-state index contributed by atoms with van der Waals surface area (Å²) < 4.78 is 10.1. The molecule has 0 amide bonds. The maximum atomic E-state index is 5.08. The summed E-state index contributed by atoms with van der Waals surface area (Å²) in [4.78, 5) is 4.23. The molecular weight excluding hydrogens is 182 g/mol. The van der Waals surface area contributed by atoms with Gasteiger partial charge in [0.2, 0.25) is 5.89 Å². The first kappa shape index (κ1) is 11.1. The molecule has 1 aromatic heterocycles. The minimum absolute atomic E-state index is 0.227. The van der Waals surface area contributed by atoms with E-state index in [4.69, 9.17) is 9.26 Å². The zero-order valence-corrected chi connectivity index (χ0v) is 8.91. The number of likely N-dealkylation sites (N-methyl/N-ethyl adjacent to an activating group) is 1.